The van der Waals surface area contributed by atoms with Crippen molar-refractivity contribution in [3.63, 3.8) is 0 Å². The van der Waals surface area contributed by atoms with E-state index in [1.165, 1.54) is 18.1 Å². The second kappa shape index (κ2) is 5.35. The Morgan fingerprint density at radius 3 is 2.59 bits per heavy atom. The Balaban J connectivity index is 2.93. The molecule has 0 amide bonds. The van der Waals surface area contributed by atoms with Gasteiger partial charge in [-0.15, -0.1) is 0 Å². The van der Waals surface area contributed by atoms with Crippen molar-refractivity contribution in [2.75, 3.05) is 0 Å². The minimum absolute atomic E-state index is 0.200. The number of ether oxygens (including phenoxy) is 1. The third kappa shape index (κ3) is 3.88. The molecule has 0 aromatic heterocycles. The third-order valence-electron chi connectivity index (χ3n) is 3.16. The SMILES string of the molecule is CC(=O)O/C(C)=C\C=C1/C(C)=CCCC1(C)C. The molecule has 1 aliphatic rings. The first-order valence-electron chi connectivity index (χ1n) is 6.07. The maximum atomic E-state index is 10.8. The molecule has 94 valence electrons. The van der Waals surface area contributed by atoms with Crippen molar-refractivity contribution in [3.8, 4) is 0 Å². The smallest absolute Gasteiger partial charge is 0.307 e. The van der Waals surface area contributed by atoms with Crippen molar-refractivity contribution in [3.05, 3.63) is 35.1 Å². The fourth-order valence-corrected chi connectivity index (χ4v) is 2.25. The Morgan fingerprint density at radius 1 is 1.41 bits per heavy atom. The van der Waals surface area contributed by atoms with Gasteiger partial charge >= 0.3 is 5.97 Å². The average molecular weight is 234 g/mol. The molecule has 0 saturated heterocycles. The molecule has 1 aliphatic carbocycles. The standard InChI is InChI=1S/C15H22O2/c1-11-7-6-10-15(4,5)14(11)9-8-12(2)17-13(3)16/h7-9H,6,10H2,1-5H3/b12-8-,14-9+. The fourth-order valence-electron chi connectivity index (χ4n) is 2.25. The van der Waals surface area contributed by atoms with Crippen LogP contribution in [-0.4, -0.2) is 5.97 Å². The molecule has 0 unspecified atom stereocenters. The molecule has 2 heteroatoms. The first kappa shape index (κ1) is 13.8. The third-order valence-corrected chi connectivity index (χ3v) is 3.16. The Morgan fingerprint density at radius 2 is 2.06 bits per heavy atom. The van der Waals surface area contributed by atoms with Crippen molar-refractivity contribution in [2.24, 2.45) is 5.41 Å². The monoisotopic (exact) mass is 234 g/mol. The predicted octanol–water partition coefficient (Wildman–Crippen LogP) is 4.15. The molecule has 0 aliphatic heterocycles. The molecule has 0 aromatic carbocycles. The normalized spacial score (nSPS) is 22.3. The van der Waals surface area contributed by atoms with Crippen LogP contribution < -0.4 is 0 Å². The van der Waals surface area contributed by atoms with Crippen LogP contribution in [0.1, 0.15) is 47.5 Å². The first-order valence-corrected chi connectivity index (χ1v) is 6.07. The van der Waals surface area contributed by atoms with Gasteiger partial charge in [0.15, 0.2) is 0 Å². The van der Waals surface area contributed by atoms with E-state index in [4.69, 9.17) is 4.74 Å². The summed E-state index contributed by atoms with van der Waals surface area (Å²) in [5, 5.41) is 0. The van der Waals surface area contributed by atoms with E-state index in [9.17, 15) is 4.79 Å². The highest BCUT2D eigenvalue weighted by Crippen LogP contribution is 2.40. The quantitative estimate of drug-likeness (QED) is 0.530. The van der Waals surface area contributed by atoms with Gasteiger partial charge in [0.05, 0.1) is 0 Å². The molecule has 0 fully saturated rings. The molecule has 17 heavy (non-hydrogen) atoms. The van der Waals surface area contributed by atoms with Crippen molar-refractivity contribution in [1.82, 2.24) is 0 Å². The summed E-state index contributed by atoms with van der Waals surface area (Å²) in [4.78, 5) is 10.8. The van der Waals surface area contributed by atoms with Crippen LogP contribution in [0.2, 0.25) is 0 Å². The lowest BCUT2D eigenvalue weighted by molar-refractivity contribution is -0.136. The topological polar surface area (TPSA) is 26.3 Å². The van der Waals surface area contributed by atoms with E-state index < -0.39 is 0 Å². The zero-order valence-electron chi connectivity index (χ0n) is 11.5. The molecule has 0 N–H and O–H groups in total. The summed E-state index contributed by atoms with van der Waals surface area (Å²) in [6, 6.07) is 0. The van der Waals surface area contributed by atoms with E-state index in [1.54, 1.807) is 6.92 Å². The first-order chi connectivity index (χ1) is 7.83. The zero-order chi connectivity index (χ0) is 13.1. The summed E-state index contributed by atoms with van der Waals surface area (Å²) >= 11 is 0. The van der Waals surface area contributed by atoms with Gasteiger partial charge < -0.3 is 4.74 Å². The Kier molecular flexibility index (Phi) is 4.33. The summed E-state index contributed by atoms with van der Waals surface area (Å²) in [5.41, 5.74) is 2.86. The van der Waals surface area contributed by atoms with E-state index in [0.29, 0.717) is 5.76 Å². The van der Waals surface area contributed by atoms with Crippen LogP contribution in [0.25, 0.3) is 0 Å². The average Bonchev–Trinajstić information content (AvgIpc) is 2.14. The molecule has 0 aromatic rings. The van der Waals surface area contributed by atoms with Crippen LogP contribution in [-0.2, 0) is 9.53 Å². The molecule has 2 nitrogen and oxygen atoms in total. The van der Waals surface area contributed by atoms with Crippen LogP contribution in [0.4, 0.5) is 0 Å². The van der Waals surface area contributed by atoms with E-state index >= 15 is 0 Å². The summed E-state index contributed by atoms with van der Waals surface area (Å²) in [5.74, 6) is 0.367. The van der Waals surface area contributed by atoms with Gasteiger partial charge in [-0.3, -0.25) is 4.79 Å². The number of carbonyl (C=O) groups excluding carboxylic acids is 1. The van der Waals surface area contributed by atoms with Gasteiger partial charge in [0.1, 0.15) is 5.76 Å². The second-order valence-electron chi connectivity index (χ2n) is 5.26. The van der Waals surface area contributed by atoms with E-state index in [2.05, 4.69) is 32.9 Å². The minimum Gasteiger partial charge on any atom is -0.432 e. The van der Waals surface area contributed by atoms with Crippen LogP contribution in [0.15, 0.2) is 35.1 Å². The highest BCUT2D eigenvalue weighted by molar-refractivity contribution is 5.67. The molecule has 0 spiro atoms. The summed E-state index contributed by atoms with van der Waals surface area (Å²) in [7, 11) is 0. The lowest BCUT2D eigenvalue weighted by Gasteiger charge is -2.32. The van der Waals surface area contributed by atoms with Crippen LogP contribution in [0, 0.1) is 5.41 Å². The number of allylic oxidation sites excluding steroid dienone is 6. The van der Waals surface area contributed by atoms with Gasteiger partial charge in [-0.25, -0.2) is 0 Å². The Bertz CT molecular complexity index is 395. The number of hydrogen-bond donors (Lipinski definition) is 0. The number of hydrogen-bond acceptors (Lipinski definition) is 2. The molecule has 0 atom stereocenters. The Hall–Kier alpha value is -1.31. The van der Waals surface area contributed by atoms with Crippen molar-refractivity contribution < 1.29 is 9.53 Å². The summed E-state index contributed by atoms with van der Waals surface area (Å²) in [6.45, 7) is 9.87. The van der Waals surface area contributed by atoms with Gasteiger partial charge in [-0.2, -0.15) is 0 Å². The van der Waals surface area contributed by atoms with Gasteiger partial charge in [-0.1, -0.05) is 31.6 Å². The van der Waals surface area contributed by atoms with Crippen molar-refractivity contribution in [1.29, 1.82) is 0 Å². The minimum atomic E-state index is -0.271. The Labute approximate surface area is 104 Å². The number of rotatable bonds is 2. The molecule has 0 heterocycles. The van der Waals surface area contributed by atoms with E-state index in [1.807, 2.05) is 6.08 Å². The van der Waals surface area contributed by atoms with Crippen molar-refractivity contribution >= 4 is 5.97 Å². The molecular formula is C15H22O2. The number of carbonyl (C=O) groups is 1. The molecule has 0 saturated carbocycles. The molecule has 0 bridgehead atoms. The maximum Gasteiger partial charge on any atom is 0.307 e. The second-order valence-corrected chi connectivity index (χ2v) is 5.26. The van der Waals surface area contributed by atoms with Gasteiger partial charge in [-0.05, 0) is 43.8 Å². The largest absolute Gasteiger partial charge is 0.432 e. The lowest BCUT2D eigenvalue weighted by atomic mass is 9.73. The highest BCUT2D eigenvalue weighted by atomic mass is 16.5. The summed E-state index contributed by atoms with van der Waals surface area (Å²) < 4.78 is 5.00. The van der Waals surface area contributed by atoms with E-state index in [-0.39, 0.29) is 11.4 Å². The van der Waals surface area contributed by atoms with Gasteiger partial charge in [0.25, 0.3) is 0 Å². The lowest BCUT2D eigenvalue weighted by Crippen LogP contribution is -2.18. The van der Waals surface area contributed by atoms with E-state index in [0.717, 1.165) is 12.8 Å². The predicted molar refractivity (Wildman–Crippen MR) is 70.4 cm³/mol. The zero-order valence-corrected chi connectivity index (χ0v) is 11.5. The molecule has 0 radical (unpaired) electrons. The van der Waals surface area contributed by atoms with Gasteiger partial charge in [0, 0.05) is 6.92 Å². The summed E-state index contributed by atoms with van der Waals surface area (Å²) in [6.07, 6.45) is 8.52. The maximum absolute atomic E-state index is 10.8. The highest BCUT2D eigenvalue weighted by Gasteiger charge is 2.26. The van der Waals surface area contributed by atoms with Crippen LogP contribution in [0.5, 0.6) is 0 Å². The van der Waals surface area contributed by atoms with Crippen LogP contribution in [0.3, 0.4) is 0 Å². The van der Waals surface area contributed by atoms with Crippen LogP contribution >= 0.6 is 0 Å². The van der Waals surface area contributed by atoms with Crippen molar-refractivity contribution in [2.45, 2.75) is 47.5 Å². The molecule has 1 rings (SSSR count). The van der Waals surface area contributed by atoms with Gasteiger partial charge in [0.2, 0.25) is 0 Å². The number of esters is 1. The molecular weight excluding hydrogens is 212 g/mol. The fraction of sp³-hybridized carbons (Fsp3) is 0.533.